The molecule has 152 valence electrons. The van der Waals surface area contributed by atoms with E-state index in [0.717, 1.165) is 27.5 Å². The van der Waals surface area contributed by atoms with Crippen molar-refractivity contribution in [1.29, 1.82) is 0 Å². The fourth-order valence-corrected chi connectivity index (χ4v) is 5.23. The molecule has 4 heteroatoms. The minimum atomic E-state index is -3.58. The summed E-state index contributed by atoms with van der Waals surface area (Å²) in [4.78, 5) is 0.314. The SMILES string of the molecule is Cc1ccccc1[C@H](CN(C)S(=O)(=O)c1ccccc1)c1cccc2ccccc12. The number of hydrogen-bond acceptors (Lipinski definition) is 2. The number of likely N-dealkylation sites (N-methyl/N-ethyl adjacent to an activating group) is 1. The van der Waals surface area contributed by atoms with Gasteiger partial charge >= 0.3 is 0 Å². The summed E-state index contributed by atoms with van der Waals surface area (Å²) in [5.74, 6) is -0.0826. The predicted molar refractivity (Wildman–Crippen MR) is 123 cm³/mol. The lowest BCUT2D eigenvalue weighted by molar-refractivity contribution is 0.455. The second kappa shape index (κ2) is 8.42. The van der Waals surface area contributed by atoms with Crippen molar-refractivity contribution in [3.05, 3.63) is 114 Å². The minimum Gasteiger partial charge on any atom is -0.207 e. The van der Waals surface area contributed by atoms with Crippen LogP contribution >= 0.6 is 0 Å². The van der Waals surface area contributed by atoms with Gasteiger partial charge in [0, 0.05) is 19.5 Å². The van der Waals surface area contributed by atoms with E-state index < -0.39 is 10.0 Å². The Balaban J connectivity index is 1.82. The fraction of sp³-hybridized carbons (Fsp3) is 0.154. The molecule has 4 aromatic carbocycles. The monoisotopic (exact) mass is 415 g/mol. The zero-order valence-corrected chi connectivity index (χ0v) is 18.0. The van der Waals surface area contributed by atoms with E-state index in [9.17, 15) is 8.42 Å². The molecular weight excluding hydrogens is 390 g/mol. The lowest BCUT2D eigenvalue weighted by atomic mass is 9.85. The van der Waals surface area contributed by atoms with Crippen LogP contribution in [0.1, 0.15) is 22.6 Å². The average Bonchev–Trinajstić information content (AvgIpc) is 2.78. The van der Waals surface area contributed by atoms with Crippen LogP contribution in [-0.2, 0) is 10.0 Å². The Kier molecular flexibility index (Phi) is 5.71. The third-order valence-electron chi connectivity index (χ3n) is 5.65. The summed E-state index contributed by atoms with van der Waals surface area (Å²) < 4.78 is 27.9. The van der Waals surface area contributed by atoms with E-state index in [1.807, 2.05) is 30.3 Å². The summed E-state index contributed by atoms with van der Waals surface area (Å²) in [6, 6.07) is 31.4. The average molecular weight is 416 g/mol. The summed E-state index contributed by atoms with van der Waals surface area (Å²) in [5.41, 5.74) is 3.43. The summed E-state index contributed by atoms with van der Waals surface area (Å²) in [6.07, 6.45) is 0. The molecule has 0 heterocycles. The highest BCUT2D eigenvalue weighted by molar-refractivity contribution is 7.89. The highest BCUT2D eigenvalue weighted by Gasteiger charge is 2.27. The third-order valence-corrected chi connectivity index (χ3v) is 7.49. The maximum atomic E-state index is 13.2. The number of nitrogens with zero attached hydrogens (tertiary/aromatic N) is 1. The Hall–Kier alpha value is -2.95. The van der Waals surface area contributed by atoms with Gasteiger partial charge in [-0.1, -0.05) is 84.9 Å². The maximum Gasteiger partial charge on any atom is 0.242 e. The molecule has 4 rings (SSSR count). The topological polar surface area (TPSA) is 37.4 Å². The molecule has 4 aromatic rings. The van der Waals surface area contributed by atoms with Gasteiger partial charge in [0.15, 0.2) is 0 Å². The first kappa shape index (κ1) is 20.3. The Bertz CT molecular complexity index is 1260. The summed E-state index contributed by atoms with van der Waals surface area (Å²) >= 11 is 0. The van der Waals surface area contributed by atoms with Crippen LogP contribution in [0, 0.1) is 6.92 Å². The first-order chi connectivity index (χ1) is 14.5. The Morgan fingerprint density at radius 1 is 0.733 bits per heavy atom. The van der Waals surface area contributed by atoms with Crippen molar-refractivity contribution >= 4 is 20.8 Å². The molecule has 0 amide bonds. The molecule has 0 aliphatic rings. The quantitative estimate of drug-likeness (QED) is 0.411. The van der Waals surface area contributed by atoms with Crippen molar-refractivity contribution in [3.63, 3.8) is 0 Å². The number of rotatable bonds is 6. The number of benzene rings is 4. The number of aryl methyl sites for hydroxylation is 1. The minimum absolute atomic E-state index is 0.0826. The predicted octanol–water partition coefficient (Wildman–Crippen LogP) is 5.60. The number of fused-ring (bicyclic) bond motifs is 1. The van der Waals surface area contributed by atoms with Crippen molar-refractivity contribution in [2.75, 3.05) is 13.6 Å². The largest absolute Gasteiger partial charge is 0.242 e. The fourth-order valence-electron chi connectivity index (χ4n) is 4.02. The Morgan fingerprint density at radius 3 is 2.10 bits per heavy atom. The van der Waals surface area contributed by atoms with Crippen molar-refractivity contribution < 1.29 is 8.42 Å². The molecule has 0 spiro atoms. The van der Waals surface area contributed by atoms with E-state index in [-0.39, 0.29) is 5.92 Å². The molecule has 3 nitrogen and oxygen atoms in total. The van der Waals surface area contributed by atoms with Gasteiger partial charge in [-0.3, -0.25) is 0 Å². The third kappa shape index (κ3) is 3.89. The second-order valence-corrected chi connectivity index (χ2v) is 9.62. The Morgan fingerprint density at radius 2 is 1.33 bits per heavy atom. The van der Waals surface area contributed by atoms with Gasteiger partial charge in [0.25, 0.3) is 0 Å². The van der Waals surface area contributed by atoms with Crippen LogP contribution in [0.5, 0.6) is 0 Å². The van der Waals surface area contributed by atoms with Gasteiger partial charge in [-0.05, 0) is 46.5 Å². The smallest absolute Gasteiger partial charge is 0.207 e. The number of sulfonamides is 1. The van der Waals surface area contributed by atoms with Gasteiger partial charge in [-0.25, -0.2) is 8.42 Å². The highest BCUT2D eigenvalue weighted by atomic mass is 32.2. The van der Waals surface area contributed by atoms with Crippen LogP contribution in [-0.4, -0.2) is 26.3 Å². The van der Waals surface area contributed by atoms with Crippen LogP contribution in [0.15, 0.2) is 102 Å². The zero-order chi connectivity index (χ0) is 21.1. The second-order valence-electron chi connectivity index (χ2n) is 7.58. The standard InChI is InChI=1S/C26H25NO2S/c1-20-11-6-8-16-23(20)26(25-18-10-13-21-12-7-9-17-24(21)25)19-27(2)30(28,29)22-14-4-3-5-15-22/h3-18,26H,19H2,1-2H3/t26-/m0/s1. The normalized spacial score (nSPS) is 12.9. The van der Waals surface area contributed by atoms with Gasteiger partial charge in [0.1, 0.15) is 0 Å². The summed E-state index contributed by atoms with van der Waals surface area (Å²) in [6.45, 7) is 2.44. The number of hydrogen-bond donors (Lipinski definition) is 0. The van der Waals surface area contributed by atoms with E-state index in [0.29, 0.717) is 11.4 Å². The molecule has 1 atom stereocenters. The van der Waals surface area contributed by atoms with E-state index in [1.54, 1.807) is 31.3 Å². The van der Waals surface area contributed by atoms with Gasteiger partial charge in [-0.2, -0.15) is 4.31 Å². The maximum absolute atomic E-state index is 13.2. The molecule has 0 unspecified atom stereocenters. The van der Waals surface area contributed by atoms with E-state index in [2.05, 4.69) is 49.4 Å². The van der Waals surface area contributed by atoms with Crippen LogP contribution < -0.4 is 0 Å². The molecule has 0 aliphatic heterocycles. The van der Waals surface area contributed by atoms with Crippen molar-refractivity contribution in [1.82, 2.24) is 4.31 Å². The Labute approximate surface area is 178 Å². The van der Waals surface area contributed by atoms with Gasteiger partial charge < -0.3 is 0 Å². The molecule has 0 N–H and O–H groups in total. The zero-order valence-electron chi connectivity index (χ0n) is 17.2. The first-order valence-electron chi connectivity index (χ1n) is 10.0. The molecular formula is C26H25NO2S. The lowest BCUT2D eigenvalue weighted by Gasteiger charge is -2.27. The molecule has 30 heavy (non-hydrogen) atoms. The molecule has 0 saturated carbocycles. The molecule has 0 fully saturated rings. The van der Waals surface area contributed by atoms with Crippen molar-refractivity contribution in [3.8, 4) is 0 Å². The molecule has 0 aliphatic carbocycles. The van der Waals surface area contributed by atoms with Gasteiger partial charge in [-0.15, -0.1) is 0 Å². The van der Waals surface area contributed by atoms with Crippen LogP contribution in [0.4, 0.5) is 0 Å². The summed E-state index contributed by atoms with van der Waals surface area (Å²) in [5, 5.41) is 2.31. The van der Waals surface area contributed by atoms with Crippen LogP contribution in [0.2, 0.25) is 0 Å². The van der Waals surface area contributed by atoms with E-state index >= 15 is 0 Å². The van der Waals surface area contributed by atoms with Crippen molar-refractivity contribution in [2.24, 2.45) is 0 Å². The highest BCUT2D eigenvalue weighted by Crippen LogP contribution is 2.34. The van der Waals surface area contributed by atoms with Crippen LogP contribution in [0.3, 0.4) is 0 Å². The molecule has 0 bridgehead atoms. The lowest BCUT2D eigenvalue weighted by Crippen LogP contribution is -2.32. The van der Waals surface area contributed by atoms with E-state index in [1.165, 1.54) is 4.31 Å². The first-order valence-corrected chi connectivity index (χ1v) is 11.5. The van der Waals surface area contributed by atoms with Crippen LogP contribution in [0.25, 0.3) is 10.8 Å². The summed E-state index contributed by atoms with van der Waals surface area (Å²) in [7, 11) is -1.92. The van der Waals surface area contributed by atoms with Gasteiger partial charge in [0.2, 0.25) is 10.0 Å². The molecule has 0 aromatic heterocycles. The van der Waals surface area contributed by atoms with Crippen molar-refractivity contribution in [2.45, 2.75) is 17.7 Å². The van der Waals surface area contributed by atoms with E-state index in [4.69, 9.17) is 0 Å². The van der Waals surface area contributed by atoms with Gasteiger partial charge in [0.05, 0.1) is 4.90 Å². The molecule has 0 saturated heterocycles. The molecule has 0 radical (unpaired) electrons.